The van der Waals surface area contributed by atoms with E-state index < -0.39 is 5.60 Å². The van der Waals surface area contributed by atoms with Gasteiger partial charge in [0.25, 0.3) is 0 Å². The lowest BCUT2D eigenvalue weighted by molar-refractivity contribution is -0.281. The van der Waals surface area contributed by atoms with Gasteiger partial charge in [0.1, 0.15) is 0 Å². The molecule has 0 amide bonds. The Kier molecular flexibility index (Phi) is 5.21. The first-order chi connectivity index (χ1) is 15.0. The molecule has 5 rings (SSSR count). The average Bonchev–Trinajstić information content (AvgIpc) is 3.04. The molecule has 3 N–H and O–H groups in total. The fourth-order valence-electron chi connectivity index (χ4n) is 12.0. The topological polar surface area (TPSA) is 60.7 Å². The van der Waals surface area contributed by atoms with Crippen LogP contribution in [0.1, 0.15) is 113 Å². The van der Waals surface area contributed by atoms with Gasteiger partial charge in [0.2, 0.25) is 0 Å². The van der Waals surface area contributed by atoms with Crippen LogP contribution in [-0.2, 0) is 0 Å². The van der Waals surface area contributed by atoms with Crippen molar-refractivity contribution in [2.75, 3.05) is 0 Å². The highest BCUT2D eigenvalue weighted by Crippen LogP contribution is 2.78. The molecule has 0 bridgehead atoms. The van der Waals surface area contributed by atoms with Gasteiger partial charge >= 0.3 is 0 Å². The smallest absolute Gasteiger partial charge is 0.0622 e. The molecule has 0 aromatic carbocycles. The zero-order chi connectivity index (χ0) is 24.4. The SMILES string of the molecule is CC(C)(O)[C@H]1CC[C@]2(C)[C@H]3CC[C@@H]4[C@@]5(C)CC[C@H](O)C(C)(C)[C@@H]5CC[C@@]4(C)[C@]3(C)[C@@H](O)C[C@@H]12. The Hall–Kier alpha value is -0.120. The molecular formula is C30H52O3. The molecule has 190 valence electrons. The number of hydrogen-bond acceptors (Lipinski definition) is 3. The Balaban J connectivity index is 1.55. The average molecular weight is 461 g/mol. The van der Waals surface area contributed by atoms with E-state index in [4.69, 9.17) is 0 Å². The summed E-state index contributed by atoms with van der Waals surface area (Å²) in [6, 6.07) is 0. The molecule has 0 aromatic heterocycles. The third-order valence-corrected chi connectivity index (χ3v) is 13.9. The standard InChI is InChI=1S/C30H52O3/c1-25(2)20-12-16-29(7)21(28(20,6)15-13-23(25)31)9-10-22-27(5)14-11-18(26(3,4)33)19(27)17-24(32)30(22,29)8/h18-24,31-33H,9-17H2,1-8H3/t18-,19-,20-,21+,22+,23-,24-,27-,28-,29+,30-/m0/s1. The van der Waals surface area contributed by atoms with Gasteiger partial charge in [-0.05, 0) is 123 Å². The predicted octanol–water partition coefficient (Wildman–Crippen LogP) is 6.19. The fraction of sp³-hybridized carbons (Fsp3) is 1.00. The lowest BCUT2D eigenvalue weighted by atomic mass is 9.31. The highest BCUT2D eigenvalue weighted by Gasteiger charge is 2.73. The van der Waals surface area contributed by atoms with E-state index in [1.807, 2.05) is 13.8 Å². The van der Waals surface area contributed by atoms with E-state index in [1.165, 1.54) is 32.1 Å². The summed E-state index contributed by atoms with van der Waals surface area (Å²) in [5.74, 6) is 2.40. The summed E-state index contributed by atoms with van der Waals surface area (Å²) in [7, 11) is 0. The van der Waals surface area contributed by atoms with Crippen LogP contribution in [-0.4, -0.2) is 33.1 Å². The van der Waals surface area contributed by atoms with Crippen LogP contribution in [0.5, 0.6) is 0 Å². The predicted molar refractivity (Wildman–Crippen MR) is 134 cm³/mol. The summed E-state index contributed by atoms with van der Waals surface area (Å²) in [4.78, 5) is 0. The summed E-state index contributed by atoms with van der Waals surface area (Å²) in [5.41, 5.74) is -0.195. The molecule has 0 spiro atoms. The van der Waals surface area contributed by atoms with Crippen molar-refractivity contribution in [1.82, 2.24) is 0 Å². The first kappa shape index (κ1) is 24.6. The van der Waals surface area contributed by atoms with Crippen LogP contribution in [0.25, 0.3) is 0 Å². The van der Waals surface area contributed by atoms with Crippen LogP contribution >= 0.6 is 0 Å². The van der Waals surface area contributed by atoms with Crippen molar-refractivity contribution in [3.8, 4) is 0 Å². The maximum atomic E-state index is 12.0. The minimum absolute atomic E-state index is 0.0281. The normalized spacial score (nSPS) is 58.1. The Bertz CT molecular complexity index is 799. The highest BCUT2D eigenvalue weighted by molar-refractivity contribution is 5.22. The summed E-state index contributed by atoms with van der Waals surface area (Å²) in [6.07, 6.45) is 9.52. The number of aliphatic hydroxyl groups excluding tert-OH is 2. The summed E-state index contributed by atoms with van der Waals surface area (Å²) in [6.45, 7) is 18.7. The van der Waals surface area contributed by atoms with E-state index in [1.54, 1.807) is 0 Å². The van der Waals surface area contributed by atoms with Crippen molar-refractivity contribution in [1.29, 1.82) is 0 Å². The van der Waals surface area contributed by atoms with Crippen molar-refractivity contribution in [3.63, 3.8) is 0 Å². The Morgan fingerprint density at radius 1 is 0.667 bits per heavy atom. The van der Waals surface area contributed by atoms with Crippen LogP contribution in [0.4, 0.5) is 0 Å². The summed E-state index contributed by atoms with van der Waals surface area (Å²) in [5, 5.41) is 33.9. The van der Waals surface area contributed by atoms with Gasteiger partial charge in [0.15, 0.2) is 0 Å². The summed E-state index contributed by atoms with van der Waals surface area (Å²) < 4.78 is 0. The Morgan fingerprint density at radius 3 is 1.91 bits per heavy atom. The number of hydrogen-bond donors (Lipinski definition) is 3. The quantitative estimate of drug-likeness (QED) is 0.437. The lowest BCUT2D eigenvalue weighted by Gasteiger charge is -2.74. The molecule has 0 aromatic rings. The number of fused-ring (bicyclic) bond motifs is 7. The molecule has 5 fully saturated rings. The molecule has 5 aliphatic carbocycles. The molecular weight excluding hydrogens is 408 g/mol. The second-order valence-corrected chi connectivity index (χ2v) is 15.5. The largest absolute Gasteiger partial charge is 0.393 e. The molecule has 33 heavy (non-hydrogen) atoms. The Morgan fingerprint density at radius 2 is 1.27 bits per heavy atom. The van der Waals surface area contributed by atoms with E-state index in [0.717, 1.165) is 25.7 Å². The molecule has 3 heteroatoms. The van der Waals surface area contributed by atoms with Gasteiger partial charge in [0, 0.05) is 5.41 Å². The monoisotopic (exact) mass is 460 g/mol. The van der Waals surface area contributed by atoms with Gasteiger partial charge in [-0.2, -0.15) is 0 Å². The number of aliphatic hydroxyl groups is 3. The third-order valence-electron chi connectivity index (χ3n) is 13.9. The van der Waals surface area contributed by atoms with Crippen molar-refractivity contribution < 1.29 is 15.3 Å². The third kappa shape index (κ3) is 2.85. The molecule has 0 unspecified atom stereocenters. The molecule has 0 heterocycles. The molecule has 11 atom stereocenters. The van der Waals surface area contributed by atoms with Crippen molar-refractivity contribution in [3.05, 3.63) is 0 Å². The maximum absolute atomic E-state index is 12.0. The molecule has 5 aliphatic rings. The van der Waals surface area contributed by atoms with E-state index in [2.05, 4.69) is 41.5 Å². The second kappa shape index (κ2) is 7.00. The van der Waals surface area contributed by atoms with E-state index >= 15 is 0 Å². The first-order valence-electron chi connectivity index (χ1n) is 14.1. The molecule has 5 saturated carbocycles. The van der Waals surface area contributed by atoms with E-state index in [0.29, 0.717) is 29.6 Å². The minimum Gasteiger partial charge on any atom is -0.393 e. The lowest BCUT2D eigenvalue weighted by Crippen LogP contribution is -2.70. The zero-order valence-electron chi connectivity index (χ0n) is 22.7. The Labute approximate surface area is 203 Å². The second-order valence-electron chi connectivity index (χ2n) is 15.5. The van der Waals surface area contributed by atoms with Gasteiger partial charge < -0.3 is 15.3 Å². The van der Waals surface area contributed by atoms with E-state index in [9.17, 15) is 15.3 Å². The van der Waals surface area contributed by atoms with Crippen LogP contribution in [0.3, 0.4) is 0 Å². The van der Waals surface area contributed by atoms with Crippen molar-refractivity contribution in [2.45, 2.75) is 131 Å². The van der Waals surface area contributed by atoms with Gasteiger partial charge in [-0.15, -0.1) is 0 Å². The minimum atomic E-state index is -0.670. The van der Waals surface area contributed by atoms with Gasteiger partial charge in [-0.25, -0.2) is 0 Å². The molecule has 0 aliphatic heterocycles. The summed E-state index contributed by atoms with van der Waals surface area (Å²) >= 11 is 0. The fourth-order valence-corrected chi connectivity index (χ4v) is 12.0. The van der Waals surface area contributed by atoms with Gasteiger partial charge in [-0.1, -0.05) is 41.5 Å². The van der Waals surface area contributed by atoms with Crippen molar-refractivity contribution in [2.24, 2.45) is 56.7 Å². The zero-order valence-corrected chi connectivity index (χ0v) is 22.7. The first-order valence-corrected chi connectivity index (χ1v) is 14.1. The van der Waals surface area contributed by atoms with E-state index in [-0.39, 0.29) is 39.3 Å². The van der Waals surface area contributed by atoms with Crippen LogP contribution in [0.2, 0.25) is 0 Å². The molecule has 0 saturated heterocycles. The van der Waals surface area contributed by atoms with Crippen LogP contribution in [0.15, 0.2) is 0 Å². The highest BCUT2D eigenvalue weighted by atomic mass is 16.3. The molecule has 0 radical (unpaired) electrons. The van der Waals surface area contributed by atoms with Crippen LogP contribution < -0.4 is 0 Å². The maximum Gasteiger partial charge on any atom is 0.0622 e. The van der Waals surface area contributed by atoms with Gasteiger partial charge in [0.05, 0.1) is 17.8 Å². The number of rotatable bonds is 1. The van der Waals surface area contributed by atoms with Crippen LogP contribution in [0, 0.1) is 56.7 Å². The van der Waals surface area contributed by atoms with Crippen molar-refractivity contribution >= 4 is 0 Å². The van der Waals surface area contributed by atoms with Gasteiger partial charge in [-0.3, -0.25) is 0 Å². The molecule has 3 nitrogen and oxygen atoms in total.